The number of nitrogens with one attached hydrogen (secondary N) is 1. The zero-order valence-electron chi connectivity index (χ0n) is 16.5. The molecule has 0 aliphatic carbocycles. The molecule has 150 valence electrons. The summed E-state index contributed by atoms with van der Waals surface area (Å²) in [5, 5.41) is 11.2. The number of hydrogen-bond acceptors (Lipinski definition) is 5. The number of anilines is 2. The van der Waals surface area contributed by atoms with E-state index in [1.54, 1.807) is 0 Å². The zero-order chi connectivity index (χ0) is 19.9. The molecule has 2 aromatic carbocycles. The molecule has 1 amide bonds. The van der Waals surface area contributed by atoms with Gasteiger partial charge in [-0.25, -0.2) is 0 Å². The van der Waals surface area contributed by atoms with Crippen molar-refractivity contribution in [2.45, 2.75) is 38.5 Å². The van der Waals surface area contributed by atoms with Gasteiger partial charge in [0.25, 0.3) is 0 Å². The minimum atomic E-state index is -0.0493. The Morgan fingerprint density at radius 2 is 1.66 bits per heavy atom. The van der Waals surface area contributed by atoms with Crippen LogP contribution in [0.2, 0.25) is 0 Å². The van der Waals surface area contributed by atoms with Crippen LogP contribution in [-0.4, -0.2) is 29.2 Å². The van der Waals surface area contributed by atoms with Crippen LogP contribution < -0.4 is 10.2 Å². The Kier molecular flexibility index (Phi) is 6.19. The molecule has 1 saturated heterocycles. The number of para-hydroxylation sites is 2. The first-order valence-corrected chi connectivity index (χ1v) is 10.3. The van der Waals surface area contributed by atoms with Gasteiger partial charge in [0.15, 0.2) is 0 Å². The fourth-order valence-corrected chi connectivity index (χ4v) is 3.65. The van der Waals surface area contributed by atoms with Crippen LogP contribution in [-0.2, 0) is 11.2 Å². The van der Waals surface area contributed by atoms with E-state index in [1.165, 1.54) is 25.7 Å². The third kappa shape index (κ3) is 5.02. The van der Waals surface area contributed by atoms with Gasteiger partial charge in [0, 0.05) is 31.5 Å². The number of amides is 1. The van der Waals surface area contributed by atoms with E-state index >= 15 is 0 Å². The predicted molar refractivity (Wildman–Crippen MR) is 114 cm³/mol. The Balaban J connectivity index is 1.36. The second-order valence-electron chi connectivity index (χ2n) is 7.33. The van der Waals surface area contributed by atoms with Crippen molar-refractivity contribution in [1.29, 1.82) is 0 Å². The van der Waals surface area contributed by atoms with Crippen LogP contribution >= 0.6 is 0 Å². The fourth-order valence-electron chi connectivity index (χ4n) is 3.65. The standard InChI is InChI=1S/C23H26N4O2/c28-21(14-15-22-25-26-23(29-22)18-10-4-3-5-11-18)24-19-12-6-7-13-20(19)27-16-8-1-2-9-17-27/h3-7,10-13H,1-2,8-9,14-17H2,(H,24,28). The number of aryl methyl sites for hydroxylation is 1. The quantitative estimate of drug-likeness (QED) is 0.661. The summed E-state index contributed by atoms with van der Waals surface area (Å²) in [4.78, 5) is 14.9. The van der Waals surface area contributed by atoms with Gasteiger partial charge in [-0.2, -0.15) is 0 Å². The first-order chi connectivity index (χ1) is 14.3. The number of carbonyl (C=O) groups is 1. The lowest BCUT2D eigenvalue weighted by atomic mass is 10.2. The maximum atomic E-state index is 12.5. The molecule has 6 nitrogen and oxygen atoms in total. The van der Waals surface area contributed by atoms with Crippen molar-refractivity contribution in [3.05, 3.63) is 60.5 Å². The first kappa shape index (κ1) is 19.2. The van der Waals surface area contributed by atoms with Crippen molar-refractivity contribution in [2.24, 2.45) is 0 Å². The molecule has 0 radical (unpaired) electrons. The van der Waals surface area contributed by atoms with E-state index in [1.807, 2.05) is 48.5 Å². The highest BCUT2D eigenvalue weighted by molar-refractivity contribution is 5.94. The average molecular weight is 390 g/mol. The monoisotopic (exact) mass is 390 g/mol. The normalized spacial score (nSPS) is 14.4. The molecule has 3 aromatic rings. The van der Waals surface area contributed by atoms with E-state index in [9.17, 15) is 4.79 Å². The molecule has 2 heterocycles. The summed E-state index contributed by atoms with van der Waals surface area (Å²) in [5.74, 6) is 0.902. The number of carbonyl (C=O) groups excluding carboxylic acids is 1. The lowest BCUT2D eigenvalue weighted by molar-refractivity contribution is -0.116. The molecule has 4 rings (SSSR count). The first-order valence-electron chi connectivity index (χ1n) is 10.3. The van der Waals surface area contributed by atoms with Crippen LogP contribution in [0.15, 0.2) is 59.0 Å². The predicted octanol–water partition coefficient (Wildman–Crippen LogP) is 4.69. The van der Waals surface area contributed by atoms with E-state index in [-0.39, 0.29) is 5.91 Å². The van der Waals surface area contributed by atoms with Crippen molar-refractivity contribution in [3.8, 4) is 11.5 Å². The lowest BCUT2D eigenvalue weighted by Gasteiger charge is -2.25. The summed E-state index contributed by atoms with van der Waals surface area (Å²) in [6.07, 6.45) is 5.66. The summed E-state index contributed by atoms with van der Waals surface area (Å²) in [7, 11) is 0. The topological polar surface area (TPSA) is 71.3 Å². The Bertz CT molecular complexity index is 931. The van der Waals surface area contributed by atoms with Gasteiger partial charge in [0.2, 0.25) is 17.7 Å². The van der Waals surface area contributed by atoms with Crippen molar-refractivity contribution in [1.82, 2.24) is 10.2 Å². The van der Waals surface area contributed by atoms with Gasteiger partial charge in [-0.15, -0.1) is 10.2 Å². The Hall–Kier alpha value is -3.15. The molecule has 1 N–H and O–H groups in total. The Labute approximate surface area is 170 Å². The molecule has 0 spiro atoms. The van der Waals surface area contributed by atoms with Crippen molar-refractivity contribution in [3.63, 3.8) is 0 Å². The molecule has 1 aliphatic rings. The third-order valence-corrected chi connectivity index (χ3v) is 5.18. The smallest absolute Gasteiger partial charge is 0.247 e. The minimum Gasteiger partial charge on any atom is -0.421 e. The molecule has 0 unspecified atom stereocenters. The largest absolute Gasteiger partial charge is 0.421 e. The Morgan fingerprint density at radius 1 is 0.931 bits per heavy atom. The average Bonchev–Trinajstić information content (AvgIpc) is 3.07. The molecule has 1 aromatic heterocycles. The maximum absolute atomic E-state index is 12.5. The molecule has 0 saturated carbocycles. The molecular weight excluding hydrogens is 364 g/mol. The highest BCUT2D eigenvalue weighted by atomic mass is 16.4. The minimum absolute atomic E-state index is 0.0493. The van der Waals surface area contributed by atoms with Crippen molar-refractivity contribution < 1.29 is 9.21 Å². The molecule has 29 heavy (non-hydrogen) atoms. The van der Waals surface area contributed by atoms with Crippen LogP contribution in [0.4, 0.5) is 11.4 Å². The SMILES string of the molecule is O=C(CCc1nnc(-c2ccccc2)o1)Nc1ccccc1N1CCCCCC1. The van der Waals surface area contributed by atoms with Crippen LogP contribution in [0.5, 0.6) is 0 Å². The van der Waals surface area contributed by atoms with Gasteiger partial charge >= 0.3 is 0 Å². The summed E-state index contributed by atoms with van der Waals surface area (Å²) < 4.78 is 5.69. The molecule has 1 fully saturated rings. The van der Waals surface area contributed by atoms with Crippen molar-refractivity contribution >= 4 is 17.3 Å². The second-order valence-corrected chi connectivity index (χ2v) is 7.33. The van der Waals surface area contributed by atoms with E-state index in [0.717, 1.165) is 30.0 Å². The number of hydrogen-bond donors (Lipinski definition) is 1. The van der Waals surface area contributed by atoms with Crippen LogP contribution in [0, 0.1) is 0 Å². The highest BCUT2D eigenvalue weighted by Gasteiger charge is 2.15. The third-order valence-electron chi connectivity index (χ3n) is 5.18. The van der Waals surface area contributed by atoms with Gasteiger partial charge in [0.1, 0.15) is 0 Å². The van der Waals surface area contributed by atoms with E-state index in [0.29, 0.717) is 24.6 Å². The van der Waals surface area contributed by atoms with Gasteiger partial charge in [-0.05, 0) is 37.1 Å². The second kappa shape index (κ2) is 9.37. The fraction of sp³-hybridized carbons (Fsp3) is 0.348. The Morgan fingerprint density at radius 3 is 2.45 bits per heavy atom. The molecular formula is C23H26N4O2. The summed E-state index contributed by atoms with van der Waals surface area (Å²) in [5.41, 5.74) is 2.85. The van der Waals surface area contributed by atoms with E-state index in [2.05, 4.69) is 26.5 Å². The van der Waals surface area contributed by atoms with Crippen LogP contribution in [0.1, 0.15) is 38.0 Å². The lowest BCUT2D eigenvalue weighted by Crippen LogP contribution is -2.25. The van der Waals surface area contributed by atoms with Crippen molar-refractivity contribution in [2.75, 3.05) is 23.3 Å². The summed E-state index contributed by atoms with van der Waals surface area (Å²) in [6, 6.07) is 17.7. The highest BCUT2D eigenvalue weighted by Crippen LogP contribution is 2.28. The molecule has 1 aliphatic heterocycles. The van der Waals surface area contributed by atoms with Gasteiger partial charge < -0.3 is 14.6 Å². The van der Waals surface area contributed by atoms with E-state index in [4.69, 9.17) is 4.42 Å². The molecule has 0 bridgehead atoms. The van der Waals surface area contributed by atoms with Gasteiger partial charge in [-0.3, -0.25) is 4.79 Å². The van der Waals surface area contributed by atoms with E-state index < -0.39 is 0 Å². The number of aromatic nitrogens is 2. The van der Waals surface area contributed by atoms with Crippen LogP contribution in [0.3, 0.4) is 0 Å². The number of benzene rings is 2. The number of nitrogens with zero attached hydrogens (tertiary/aromatic N) is 3. The van der Waals surface area contributed by atoms with Crippen LogP contribution in [0.25, 0.3) is 11.5 Å². The number of rotatable bonds is 6. The maximum Gasteiger partial charge on any atom is 0.247 e. The van der Waals surface area contributed by atoms with Gasteiger partial charge in [-0.1, -0.05) is 43.2 Å². The van der Waals surface area contributed by atoms with Gasteiger partial charge in [0.05, 0.1) is 11.4 Å². The summed E-state index contributed by atoms with van der Waals surface area (Å²) >= 11 is 0. The zero-order valence-corrected chi connectivity index (χ0v) is 16.5. The molecule has 0 atom stereocenters. The molecule has 6 heteroatoms. The summed E-state index contributed by atoms with van der Waals surface area (Å²) in [6.45, 7) is 2.08.